The van der Waals surface area contributed by atoms with Crippen LogP contribution in [-0.4, -0.2) is 26.2 Å². The second-order valence-electron chi connectivity index (χ2n) is 2.85. The van der Waals surface area contributed by atoms with Gasteiger partial charge in [-0.15, -0.1) is 5.10 Å². The molecule has 76 valence electrons. The highest BCUT2D eigenvalue weighted by molar-refractivity contribution is 5.69. The molecule has 0 unspecified atom stereocenters. The highest BCUT2D eigenvalue weighted by Crippen LogP contribution is 2.15. The largest absolute Gasteiger partial charge is 0.427 e. The Hall–Kier alpha value is -2.24. The quantitative estimate of drug-likeness (QED) is 0.528. The molecule has 0 atom stereocenters. The normalized spacial score (nSPS) is 9.93. The van der Waals surface area contributed by atoms with Gasteiger partial charge in [0.15, 0.2) is 0 Å². The molecule has 0 aliphatic rings. The average molecular weight is 204 g/mol. The maximum atomic E-state index is 10.7. The number of esters is 1. The molecule has 15 heavy (non-hydrogen) atoms. The van der Waals surface area contributed by atoms with Gasteiger partial charge in [0, 0.05) is 13.0 Å². The highest BCUT2D eigenvalue weighted by Gasteiger charge is 2.01. The van der Waals surface area contributed by atoms with E-state index in [9.17, 15) is 4.79 Å². The van der Waals surface area contributed by atoms with Gasteiger partial charge in [-0.3, -0.25) is 4.79 Å². The predicted octanol–water partition coefficient (Wildman–Crippen LogP) is 0.588. The third-order valence-corrected chi connectivity index (χ3v) is 1.69. The summed E-state index contributed by atoms with van der Waals surface area (Å²) in [5, 5.41) is 10.7. The number of aromatic nitrogens is 4. The fraction of sp³-hybridized carbons (Fsp3) is 0.111. The summed E-state index contributed by atoms with van der Waals surface area (Å²) >= 11 is 0. The average Bonchev–Trinajstić information content (AvgIpc) is 2.69. The summed E-state index contributed by atoms with van der Waals surface area (Å²) in [5.41, 5.74) is 0.735. The minimum Gasteiger partial charge on any atom is -0.427 e. The summed E-state index contributed by atoms with van der Waals surface area (Å²) in [5.74, 6) is 0.111. The van der Waals surface area contributed by atoms with E-state index in [4.69, 9.17) is 4.74 Å². The number of rotatable bonds is 2. The van der Waals surface area contributed by atoms with Crippen LogP contribution in [0.1, 0.15) is 6.92 Å². The SMILES string of the molecule is CC(=O)Oc1cccc(-n2cnnn2)c1. The van der Waals surface area contributed by atoms with Gasteiger partial charge in [-0.25, -0.2) is 4.68 Å². The van der Waals surface area contributed by atoms with Crippen LogP contribution in [0.5, 0.6) is 5.75 Å². The van der Waals surface area contributed by atoms with Crippen molar-refractivity contribution in [1.29, 1.82) is 0 Å². The zero-order valence-electron chi connectivity index (χ0n) is 7.99. The lowest BCUT2D eigenvalue weighted by Crippen LogP contribution is -2.02. The van der Waals surface area contributed by atoms with Gasteiger partial charge in [0.1, 0.15) is 12.1 Å². The number of hydrogen-bond acceptors (Lipinski definition) is 5. The Balaban J connectivity index is 2.31. The molecule has 0 saturated carbocycles. The molecule has 0 saturated heterocycles. The first kappa shape index (κ1) is 9.32. The molecule has 0 aliphatic heterocycles. The van der Waals surface area contributed by atoms with Crippen molar-refractivity contribution in [3.05, 3.63) is 30.6 Å². The fourth-order valence-electron chi connectivity index (χ4n) is 1.14. The van der Waals surface area contributed by atoms with Crippen LogP contribution in [0.3, 0.4) is 0 Å². The second kappa shape index (κ2) is 3.87. The first-order valence-electron chi connectivity index (χ1n) is 4.27. The van der Waals surface area contributed by atoms with Crippen molar-refractivity contribution in [2.45, 2.75) is 6.92 Å². The Kier molecular flexibility index (Phi) is 2.40. The predicted molar refractivity (Wildman–Crippen MR) is 50.5 cm³/mol. The summed E-state index contributed by atoms with van der Waals surface area (Å²) in [4.78, 5) is 10.7. The van der Waals surface area contributed by atoms with Gasteiger partial charge in [0.05, 0.1) is 5.69 Å². The molecule has 1 aromatic heterocycles. The van der Waals surface area contributed by atoms with Crippen molar-refractivity contribution < 1.29 is 9.53 Å². The summed E-state index contributed by atoms with van der Waals surface area (Å²) < 4.78 is 6.41. The summed E-state index contributed by atoms with van der Waals surface area (Å²) in [7, 11) is 0. The molecule has 6 heteroatoms. The Morgan fingerprint density at radius 2 is 2.33 bits per heavy atom. The summed E-state index contributed by atoms with van der Waals surface area (Å²) in [6.45, 7) is 1.35. The van der Waals surface area contributed by atoms with Crippen molar-refractivity contribution >= 4 is 5.97 Å². The molecule has 2 rings (SSSR count). The van der Waals surface area contributed by atoms with Gasteiger partial charge >= 0.3 is 5.97 Å². The van der Waals surface area contributed by atoms with Crippen LogP contribution in [0.4, 0.5) is 0 Å². The number of benzene rings is 1. The lowest BCUT2D eigenvalue weighted by atomic mass is 10.3. The van der Waals surface area contributed by atoms with Crippen molar-refractivity contribution in [2.24, 2.45) is 0 Å². The van der Waals surface area contributed by atoms with Crippen LogP contribution in [0.2, 0.25) is 0 Å². The molecule has 1 aromatic carbocycles. The maximum absolute atomic E-state index is 10.7. The number of ether oxygens (including phenoxy) is 1. The van der Waals surface area contributed by atoms with Gasteiger partial charge in [-0.1, -0.05) is 6.07 Å². The molecule has 2 aromatic rings. The summed E-state index contributed by atoms with van der Waals surface area (Å²) in [6, 6.07) is 6.94. The van der Waals surface area contributed by atoms with E-state index in [-0.39, 0.29) is 5.97 Å². The lowest BCUT2D eigenvalue weighted by molar-refractivity contribution is -0.131. The van der Waals surface area contributed by atoms with E-state index < -0.39 is 0 Å². The Morgan fingerprint density at radius 3 is 3.00 bits per heavy atom. The Bertz CT molecular complexity index is 467. The van der Waals surface area contributed by atoms with E-state index in [2.05, 4.69) is 15.5 Å². The summed E-state index contributed by atoms with van der Waals surface area (Å²) in [6.07, 6.45) is 1.47. The van der Waals surface area contributed by atoms with Crippen molar-refractivity contribution in [1.82, 2.24) is 20.2 Å². The molecule has 0 amide bonds. The van der Waals surface area contributed by atoms with Crippen LogP contribution in [0.15, 0.2) is 30.6 Å². The zero-order chi connectivity index (χ0) is 10.7. The topological polar surface area (TPSA) is 69.9 Å². The standard InChI is InChI=1S/C9H8N4O2/c1-7(14)15-9-4-2-3-8(5-9)13-6-10-11-12-13/h2-6H,1H3. The van der Waals surface area contributed by atoms with Crippen molar-refractivity contribution in [2.75, 3.05) is 0 Å². The molecule has 0 radical (unpaired) electrons. The minimum absolute atomic E-state index is 0.358. The molecular formula is C9H8N4O2. The highest BCUT2D eigenvalue weighted by atomic mass is 16.5. The molecular weight excluding hydrogens is 196 g/mol. The van der Waals surface area contributed by atoms with Crippen LogP contribution in [0, 0.1) is 0 Å². The Labute approximate surface area is 85.5 Å². The van der Waals surface area contributed by atoms with Crippen LogP contribution < -0.4 is 4.74 Å². The van der Waals surface area contributed by atoms with Crippen LogP contribution in [0.25, 0.3) is 5.69 Å². The van der Waals surface area contributed by atoms with E-state index in [0.717, 1.165) is 5.69 Å². The zero-order valence-corrected chi connectivity index (χ0v) is 7.99. The molecule has 0 aliphatic carbocycles. The van der Waals surface area contributed by atoms with Gasteiger partial charge in [0.2, 0.25) is 0 Å². The van der Waals surface area contributed by atoms with Crippen LogP contribution >= 0.6 is 0 Å². The van der Waals surface area contributed by atoms with Gasteiger partial charge < -0.3 is 4.74 Å². The third kappa shape index (κ3) is 2.16. The number of tetrazole rings is 1. The third-order valence-electron chi connectivity index (χ3n) is 1.69. The molecule has 0 bridgehead atoms. The second-order valence-corrected chi connectivity index (χ2v) is 2.85. The van der Waals surface area contributed by atoms with Gasteiger partial charge in [-0.2, -0.15) is 0 Å². The molecule has 0 N–H and O–H groups in total. The number of carbonyl (C=O) groups is 1. The number of hydrogen-bond donors (Lipinski definition) is 0. The first-order valence-corrected chi connectivity index (χ1v) is 4.27. The van der Waals surface area contributed by atoms with Gasteiger partial charge in [-0.05, 0) is 22.6 Å². The smallest absolute Gasteiger partial charge is 0.308 e. The van der Waals surface area contributed by atoms with E-state index in [1.54, 1.807) is 18.2 Å². The molecule has 0 fully saturated rings. The Morgan fingerprint density at radius 1 is 1.47 bits per heavy atom. The number of carbonyl (C=O) groups excluding carboxylic acids is 1. The maximum Gasteiger partial charge on any atom is 0.308 e. The van der Waals surface area contributed by atoms with E-state index >= 15 is 0 Å². The minimum atomic E-state index is -0.358. The lowest BCUT2D eigenvalue weighted by Gasteiger charge is -2.03. The van der Waals surface area contributed by atoms with E-state index in [1.165, 1.54) is 17.9 Å². The van der Waals surface area contributed by atoms with E-state index in [0.29, 0.717) is 5.75 Å². The first-order chi connectivity index (χ1) is 7.25. The van der Waals surface area contributed by atoms with Gasteiger partial charge in [0.25, 0.3) is 0 Å². The molecule has 1 heterocycles. The van der Waals surface area contributed by atoms with E-state index in [1.807, 2.05) is 6.07 Å². The molecule has 0 spiro atoms. The fourth-order valence-corrected chi connectivity index (χ4v) is 1.14. The van der Waals surface area contributed by atoms with Crippen LogP contribution in [-0.2, 0) is 4.79 Å². The molecule has 6 nitrogen and oxygen atoms in total. The van der Waals surface area contributed by atoms with Crippen molar-refractivity contribution in [3.63, 3.8) is 0 Å². The van der Waals surface area contributed by atoms with Crippen molar-refractivity contribution in [3.8, 4) is 11.4 Å². The monoisotopic (exact) mass is 204 g/mol. The number of nitrogens with zero attached hydrogens (tertiary/aromatic N) is 4.